The van der Waals surface area contributed by atoms with Gasteiger partial charge in [0.2, 0.25) is 0 Å². The van der Waals surface area contributed by atoms with Crippen LogP contribution in [0.5, 0.6) is 0 Å². The first-order chi connectivity index (χ1) is 7.37. The van der Waals surface area contributed by atoms with E-state index in [1.165, 1.54) is 12.3 Å². The lowest BCUT2D eigenvalue weighted by Crippen LogP contribution is -2.37. The van der Waals surface area contributed by atoms with Crippen molar-refractivity contribution in [2.24, 2.45) is 0 Å². The van der Waals surface area contributed by atoms with E-state index in [0.717, 1.165) is 0 Å². The lowest BCUT2D eigenvalue weighted by Gasteiger charge is -2.19. The van der Waals surface area contributed by atoms with Crippen LogP contribution in [0.15, 0.2) is 16.8 Å². The number of hydrogen-bond acceptors (Lipinski definition) is 4. The van der Waals surface area contributed by atoms with E-state index in [0.29, 0.717) is 4.90 Å². The molecule has 16 heavy (non-hydrogen) atoms. The molecule has 0 aliphatic heterocycles. The third-order valence-corrected chi connectivity index (χ3v) is 1.63. The van der Waals surface area contributed by atoms with Gasteiger partial charge >= 0.3 is 12.1 Å². The van der Waals surface area contributed by atoms with Gasteiger partial charge in [-0.2, -0.15) is 13.2 Å². The van der Waals surface area contributed by atoms with Crippen LogP contribution in [0.2, 0.25) is 0 Å². The number of rotatable bonds is 5. The normalized spacial score (nSPS) is 12.0. The molecule has 0 saturated carbocycles. The zero-order valence-corrected chi connectivity index (χ0v) is 8.07. The molecule has 1 aromatic rings. The summed E-state index contributed by atoms with van der Waals surface area (Å²) in [6.45, 7) is -2.26. The fourth-order valence-corrected chi connectivity index (χ4v) is 1.16. The predicted molar refractivity (Wildman–Crippen MR) is 45.5 cm³/mol. The second-order valence-corrected chi connectivity index (χ2v) is 3.13. The average Bonchev–Trinajstić information content (AvgIpc) is 2.51. The lowest BCUT2D eigenvalue weighted by atomic mass is 10.4. The van der Waals surface area contributed by atoms with Crippen molar-refractivity contribution >= 4 is 5.97 Å². The molecule has 1 N–H and O–H groups in total. The van der Waals surface area contributed by atoms with E-state index in [-0.39, 0.29) is 12.3 Å². The van der Waals surface area contributed by atoms with Crippen LogP contribution >= 0.6 is 0 Å². The standard InChI is InChI=1S/C8H9F3N2O3/c9-8(10,11)5-13(4-7(14)15)3-6-1-2-12-16-6/h1-2H,3-5H2,(H,14,15). The molecule has 0 fully saturated rings. The summed E-state index contributed by atoms with van der Waals surface area (Å²) in [5, 5.41) is 11.8. The molecule has 1 heterocycles. The van der Waals surface area contributed by atoms with Crippen molar-refractivity contribution in [1.29, 1.82) is 0 Å². The first-order valence-electron chi connectivity index (χ1n) is 4.27. The quantitative estimate of drug-likeness (QED) is 0.832. The molecule has 1 aromatic heterocycles. The summed E-state index contributed by atoms with van der Waals surface area (Å²) < 4.78 is 40.9. The smallest absolute Gasteiger partial charge is 0.401 e. The molecule has 1 rings (SSSR count). The maximum atomic E-state index is 12.1. The van der Waals surface area contributed by atoms with Crippen LogP contribution in [0.1, 0.15) is 5.76 Å². The summed E-state index contributed by atoms with van der Waals surface area (Å²) in [5.41, 5.74) is 0. The Balaban J connectivity index is 2.60. The number of carboxylic acids is 1. The first-order valence-corrected chi connectivity index (χ1v) is 4.27. The predicted octanol–water partition coefficient (Wildman–Crippen LogP) is 1.12. The minimum atomic E-state index is -4.45. The molecular formula is C8H9F3N2O3. The second kappa shape index (κ2) is 4.97. The van der Waals surface area contributed by atoms with Crippen LogP contribution in [0.4, 0.5) is 13.2 Å². The van der Waals surface area contributed by atoms with Crippen molar-refractivity contribution in [3.63, 3.8) is 0 Å². The van der Waals surface area contributed by atoms with Crippen LogP contribution in [0.25, 0.3) is 0 Å². The summed E-state index contributed by atoms with van der Waals surface area (Å²) in [6, 6.07) is 1.38. The van der Waals surface area contributed by atoms with E-state index in [1.807, 2.05) is 0 Å². The van der Waals surface area contributed by atoms with Gasteiger partial charge < -0.3 is 9.63 Å². The van der Waals surface area contributed by atoms with Crippen LogP contribution in [0.3, 0.4) is 0 Å². The van der Waals surface area contributed by atoms with Crippen molar-refractivity contribution in [2.75, 3.05) is 13.1 Å². The summed E-state index contributed by atoms with van der Waals surface area (Å²) in [5.74, 6) is -1.14. The Morgan fingerprint density at radius 3 is 2.69 bits per heavy atom. The van der Waals surface area contributed by atoms with E-state index in [1.54, 1.807) is 0 Å². The van der Waals surface area contributed by atoms with Gasteiger partial charge in [0.1, 0.15) is 0 Å². The minimum Gasteiger partial charge on any atom is -0.480 e. The van der Waals surface area contributed by atoms with Crippen molar-refractivity contribution in [3.8, 4) is 0 Å². The fraction of sp³-hybridized carbons (Fsp3) is 0.500. The number of alkyl halides is 3. The molecule has 0 bridgehead atoms. The van der Waals surface area contributed by atoms with Gasteiger partial charge in [0.05, 0.1) is 25.8 Å². The maximum Gasteiger partial charge on any atom is 0.401 e. The Morgan fingerprint density at radius 2 is 2.25 bits per heavy atom. The van der Waals surface area contributed by atoms with Gasteiger partial charge in [-0.05, 0) is 0 Å². The molecule has 5 nitrogen and oxygen atoms in total. The SMILES string of the molecule is O=C(O)CN(Cc1ccno1)CC(F)(F)F. The molecular weight excluding hydrogens is 229 g/mol. The lowest BCUT2D eigenvalue weighted by molar-refractivity contribution is -0.155. The third kappa shape index (κ3) is 4.78. The second-order valence-electron chi connectivity index (χ2n) is 3.13. The number of nitrogens with zero attached hydrogens (tertiary/aromatic N) is 2. The Kier molecular flexibility index (Phi) is 3.88. The molecule has 90 valence electrons. The Morgan fingerprint density at radius 1 is 1.56 bits per heavy atom. The highest BCUT2D eigenvalue weighted by Crippen LogP contribution is 2.17. The molecule has 0 aliphatic carbocycles. The molecule has 0 saturated heterocycles. The van der Waals surface area contributed by atoms with Crippen molar-refractivity contribution < 1.29 is 27.6 Å². The highest BCUT2D eigenvalue weighted by molar-refractivity contribution is 5.69. The summed E-state index contributed by atoms with van der Waals surface area (Å²) in [7, 11) is 0. The van der Waals surface area contributed by atoms with E-state index >= 15 is 0 Å². The van der Waals surface area contributed by atoms with Gasteiger partial charge in [0.15, 0.2) is 5.76 Å². The van der Waals surface area contributed by atoms with Gasteiger partial charge in [-0.15, -0.1) is 0 Å². The molecule has 0 amide bonds. The molecule has 0 aromatic carbocycles. The van der Waals surface area contributed by atoms with Crippen LogP contribution in [0, 0.1) is 0 Å². The first kappa shape index (κ1) is 12.5. The van der Waals surface area contributed by atoms with Crippen molar-refractivity contribution in [1.82, 2.24) is 10.1 Å². The van der Waals surface area contributed by atoms with Crippen molar-refractivity contribution in [3.05, 3.63) is 18.0 Å². The van der Waals surface area contributed by atoms with E-state index in [2.05, 4.69) is 9.68 Å². The third-order valence-electron chi connectivity index (χ3n) is 1.63. The number of hydrogen-bond donors (Lipinski definition) is 1. The molecule has 8 heteroatoms. The molecule has 0 spiro atoms. The number of halogens is 3. The highest BCUT2D eigenvalue weighted by atomic mass is 19.4. The number of carboxylic acid groups (broad SMARTS) is 1. The summed E-state index contributed by atoms with van der Waals surface area (Å²) >= 11 is 0. The van der Waals surface area contributed by atoms with Crippen LogP contribution < -0.4 is 0 Å². The minimum absolute atomic E-state index is 0.186. The number of aliphatic carboxylic acids is 1. The highest BCUT2D eigenvalue weighted by Gasteiger charge is 2.31. The van der Waals surface area contributed by atoms with Gasteiger partial charge in [0, 0.05) is 6.07 Å². The van der Waals surface area contributed by atoms with Gasteiger partial charge in [-0.25, -0.2) is 0 Å². The molecule has 0 atom stereocenters. The average molecular weight is 238 g/mol. The van der Waals surface area contributed by atoms with Gasteiger partial charge in [-0.1, -0.05) is 5.16 Å². The Labute approximate surface area is 88.4 Å². The van der Waals surface area contributed by atoms with Crippen LogP contribution in [-0.2, 0) is 11.3 Å². The Hall–Kier alpha value is -1.57. The van der Waals surface area contributed by atoms with E-state index in [4.69, 9.17) is 5.11 Å². The molecule has 0 aliphatic rings. The topological polar surface area (TPSA) is 66.6 Å². The molecule has 0 radical (unpaired) electrons. The monoisotopic (exact) mass is 238 g/mol. The number of carbonyl (C=O) groups is 1. The fourth-order valence-electron chi connectivity index (χ4n) is 1.16. The Bertz CT molecular complexity index is 337. The summed E-state index contributed by atoms with van der Waals surface area (Å²) in [6.07, 6.45) is -3.17. The summed E-state index contributed by atoms with van der Waals surface area (Å²) in [4.78, 5) is 11.1. The maximum absolute atomic E-state index is 12.1. The van der Waals surface area contributed by atoms with Gasteiger partial charge in [-0.3, -0.25) is 9.69 Å². The van der Waals surface area contributed by atoms with E-state index < -0.39 is 25.2 Å². The number of aromatic nitrogens is 1. The zero-order valence-electron chi connectivity index (χ0n) is 8.07. The largest absolute Gasteiger partial charge is 0.480 e. The van der Waals surface area contributed by atoms with Crippen molar-refractivity contribution in [2.45, 2.75) is 12.7 Å². The molecule has 0 unspecified atom stereocenters. The zero-order chi connectivity index (χ0) is 12.2. The van der Waals surface area contributed by atoms with Crippen LogP contribution in [-0.4, -0.2) is 40.4 Å². The van der Waals surface area contributed by atoms with E-state index in [9.17, 15) is 18.0 Å². The van der Waals surface area contributed by atoms with Gasteiger partial charge in [0.25, 0.3) is 0 Å².